The third-order valence-electron chi connectivity index (χ3n) is 5.90. The highest BCUT2D eigenvalue weighted by atomic mass is 16.2. The SMILES string of the molecule is CC1CCC(N2CCC(C#N)(NC(=O)C(N)CC(C)(C)C)CC2)CC1. The van der Waals surface area contributed by atoms with Gasteiger partial charge in [0.1, 0.15) is 5.54 Å². The summed E-state index contributed by atoms with van der Waals surface area (Å²) in [4.78, 5) is 15.0. The summed E-state index contributed by atoms with van der Waals surface area (Å²) in [6.07, 6.45) is 7.17. The molecule has 2 aliphatic rings. The molecule has 142 valence electrons. The van der Waals surface area contributed by atoms with Gasteiger partial charge in [0, 0.05) is 19.1 Å². The highest BCUT2D eigenvalue weighted by Crippen LogP contribution is 2.31. The predicted octanol–water partition coefficient (Wildman–Crippen LogP) is 2.80. The van der Waals surface area contributed by atoms with E-state index in [4.69, 9.17) is 5.73 Å². The van der Waals surface area contributed by atoms with Gasteiger partial charge in [0.05, 0.1) is 12.1 Å². The lowest BCUT2D eigenvalue weighted by atomic mass is 9.83. The van der Waals surface area contributed by atoms with Crippen LogP contribution in [0.3, 0.4) is 0 Å². The van der Waals surface area contributed by atoms with Crippen LogP contribution in [-0.4, -0.2) is 41.5 Å². The topological polar surface area (TPSA) is 82.2 Å². The van der Waals surface area contributed by atoms with Crippen molar-refractivity contribution in [3.63, 3.8) is 0 Å². The molecular formula is C20H36N4O. The van der Waals surface area contributed by atoms with E-state index in [1.54, 1.807) is 0 Å². The van der Waals surface area contributed by atoms with Gasteiger partial charge in [-0.15, -0.1) is 0 Å². The highest BCUT2D eigenvalue weighted by molar-refractivity contribution is 5.82. The van der Waals surface area contributed by atoms with E-state index >= 15 is 0 Å². The Morgan fingerprint density at radius 3 is 2.32 bits per heavy atom. The molecule has 2 rings (SSSR count). The molecule has 1 saturated carbocycles. The number of hydrogen-bond acceptors (Lipinski definition) is 4. The van der Waals surface area contributed by atoms with Gasteiger partial charge >= 0.3 is 0 Å². The number of rotatable bonds is 4. The maximum Gasteiger partial charge on any atom is 0.238 e. The Labute approximate surface area is 153 Å². The molecule has 1 saturated heterocycles. The Hall–Kier alpha value is -1.12. The molecule has 1 aliphatic heterocycles. The van der Waals surface area contributed by atoms with Crippen molar-refractivity contribution in [3.8, 4) is 6.07 Å². The van der Waals surface area contributed by atoms with Crippen molar-refractivity contribution in [2.45, 2.75) is 90.3 Å². The Balaban J connectivity index is 1.88. The molecule has 3 N–H and O–H groups in total. The summed E-state index contributed by atoms with van der Waals surface area (Å²) >= 11 is 0. The molecule has 25 heavy (non-hydrogen) atoms. The molecule has 1 atom stereocenters. The van der Waals surface area contributed by atoms with Crippen LogP contribution in [0.5, 0.6) is 0 Å². The zero-order valence-electron chi connectivity index (χ0n) is 16.5. The number of likely N-dealkylation sites (tertiary alicyclic amines) is 1. The van der Waals surface area contributed by atoms with Gasteiger partial charge < -0.3 is 16.0 Å². The fourth-order valence-corrected chi connectivity index (χ4v) is 4.22. The molecular weight excluding hydrogens is 312 g/mol. The van der Waals surface area contributed by atoms with E-state index in [0.29, 0.717) is 25.3 Å². The standard InChI is InChI=1S/C20H36N4O/c1-15-5-7-16(8-6-15)24-11-9-20(14-21,10-12-24)23-18(25)17(22)13-19(2,3)4/h15-17H,5-13,22H2,1-4H3,(H,23,25). The Morgan fingerprint density at radius 1 is 1.28 bits per heavy atom. The minimum atomic E-state index is -0.745. The second-order valence-electron chi connectivity index (χ2n) is 9.50. The molecule has 1 aliphatic carbocycles. The first-order chi connectivity index (χ1) is 11.6. The average Bonchev–Trinajstić information content (AvgIpc) is 2.55. The molecule has 1 amide bonds. The maximum absolute atomic E-state index is 12.5. The van der Waals surface area contributed by atoms with E-state index in [1.165, 1.54) is 25.7 Å². The monoisotopic (exact) mass is 348 g/mol. The van der Waals surface area contributed by atoms with Gasteiger partial charge in [0.2, 0.25) is 5.91 Å². The number of nitrogens with one attached hydrogen (secondary N) is 1. The number of carbonyl (C=O) groups excluding carboxylic acids is 1. The van der Waals surface area contributed by atoms with Crippen LogP contribution < -0.4 is 11.1 Å². The molecule has 1 heterocycles. The minimum absolute atomic E-state index is 0.00194. The third kappa shape index (κ3) is 5.69. The first-order valence-electron chi connectivity index (χ1n) is 9.87. The number of piperidine rings is 1. The number of carbonyl (C=O) groups is 1. The Kier molecular flexibility index (Phi) is 6.51. The van der Waals surface area contributed by atoms with Crippen molar-refractivity contribution < 1.29 is 4.79 Å². The number of nitrogens with two attached hydrogens (primary N) is 1. The number of hydrogen-bond donors (Lipinski definition) is 2. The summed E-state index contributed by atoms with van der Waals surface area (Å²) < 4.78 is 0. The minimum Gasteiger partial charge on any atom is -0.336 e. The van der Waals surface area contributed by atoms with Crippen molar-refractivity contribution in [3.05, 3.63) is 0 Å². The Morgan fingerprint density at radius 2 is 1.84 bits per heavy atom. The second kappa shape index (κ2) is 8.05. The lowest BCUT2D eigenvalue weighted by Crippen LogP contribution is -2.59. The van der Waals surface area contributed by atoms with Crippen molar-refractivity contribution >= 4 is 5.91 Å². The molecule has 0 aromatic carbocycles. The third-order valence-corrected chi connectivity index (χ3v) is 5.90. The van der Waals surface area contributed by atoms with Crippen LogP contribution in [0.2, 0.25) is 0 Å². The van der Waals surface area contributed by atoms with E-state index in [2.05, 4.69) is 44.0 Å². The van der Waals surface area contributed by atoms with Crippen LogP contribution in [-0.2, 0) is 4.79 Å². The number of nitrogens with zero attached hydrogens (tertiary/aromatic N) is 2. The lowest BCUT2D eigenvalue weighted by Gasteiger charge is -2.43. The molecule has 5 heteroatoms. The van der Waals surface area contributed by atoms with E-state index in [9.17, 15) is 10.1 Å². The quantitative estimate of drug-likeness (QED) is 0.818. The zero-order chi connectivity index (χ0) is 18.7. The zero-order valence-corrected chi connectivity index (χ0v) is 16.5. The Bertz CT molecular complexity index is 489. The van der Waals surface area contributed by atoms with E-state index in [-0.39, 0.29) is 11.3 Å². The largest absolute Gasteiger partial charge is 0.336 e. The summed E-state index contributed by atoms with van der Waals surface area (Å²) in [7, 11) is 0. The van der Waals surface area contributed by atoms with E-state index < -0.39 is 11.6 Å². The van der Waals surface area contributed by atoms with Crippen molar-refractivity contribution in [1.82, 2.24) is 10.2 Å². The van der Waals surface area contributed by atoms with Crippen molar-refractivity contribution in [1.29, 1.82) is 5.26 Å². The molecule has 1 unspecified atom stereocenters. The average molecular weight is 349 g/mol. The molecule has 2 fully saturated rings. The van der Waals surface area contributed by atoms with Crippen LogP contribution in [0.25, 0.3) is 0 Å². The fraction of sp³-hybridized carbons (Fsp3) is 0.900. The summed E-state index contributed by atoms with van der Waals surface area (Å²) in [5.41, 5.74) is 5.31. The van der Waals surface area contributed by atoms with Gasteiger partial charge in [0.15, 0.2) is 0 Å². The van der Waals surface area contributed by atoms with Gasteiger partial charge in [0.25, 0.3) is 0 Å². The molecule has 0 aromatic rings. The molecule has 0 aromatic heterocycles. The highest BCUT2D eigenvalue weighted by Gasteiger charge is 2.39. The molecule has 0 radical (unpaired) electrons. The van der Waals surface area contributed by atoms with Gasteiger partial charge in [-0.25, -0.2) is 0 Å². The van der Waals surface area contributed by atoms with Crippen molar-refractivity contribution in [2.75, 3.05) is 13.1 Å². The van der Waals surface area contributed by atoms with Crippen LogP contribution in [0.1, 0.15) is 72.6 Å². The van der Waals surface area contributed by atoms with E-state index in [0.717, 1.165) is 19.0 Å². The van der Waals surface area contributed by atoms with Gasteiger partial charge in [-0.2, -0.15) is 5.26 Å². The summed E-state index contributed by atoms with van der Waals surface area (Å²) in [6, 6.07) is 2.49. The predicted molar refractivity (Wildman–Crippen MR) is 101 cm³/mol. The summed E-state index contributed by atoms with van der Waals surface area (Å²) in [6.45, 7) is 10.3. The molecule has 0 bridgehead atoms. The smallest absolute Gasteiger partial charge is 0.238 e. The molecule has 5 nitrogen and oxygen atoms in total. The van der Waals surface area contributed by atoms with Gasteiger partial charge in [-0.1, -0.05) is 27.7 Å². The summed E-state index contributed by atoms with van der Waals surface area (Å²) in [5, 5.41) is 12.7. The summed E-state index contributed by atoms with van der Waals surface area (Å²) in [5.74, 6) is 0.666. The van der Waals surface area contributed by atoms with Gasteiger partial charge in [-0.05, 0) is 56.3 Å². The van der Waals surface area contributed by atoms with E-state index in [1.807, 2.05) is 0 Å². The first-order valence-corrected chi connectivity index (χ1v) is 9.87. The van der Waals surface area contributed by atoms with Crippen molar-refractivity contribution in [2.24, 2.45) is 17.1 Å². The van der Waals surface area contributed by atoms with Crippen LogP contribution in [0.15, 0.2) is 0 Å². The maximum atomic E-state index is 12.5. The fourth-order valence-electron chi connectivity index (χ4n) is 4.22. The first kappa shape index (κ1) is 20.2. The normalized spacial score (nSPS) is 28.8. The van der Waals surface area contributed by atoms with Gasteiger partial charge in [-0.3, -0.25) is 4.79 Å². The molecule has 0 spiro atoms. The number of nitriles is 1. The van der Waals surface area contributed by atoms with Crippen LogP contribution in [0, 0.1) is 22.7 Å². The number of amides is 1. The van der Waals surface area contributed by atoms with Crippen LogP contribution in [0.4, 0.5) is 0 Å². The van der Waals surface area contributed by atoms with Crippen LogP contribution >= 0.6 is 0 Å². The second-order valence-corrected chi connectivity index (χ2v) is 9.50. The lowest BCUT2D eigenvalue weighted by molar-refractivity contribution is -0.125.